The average molecular weight is 267 g/mol. The van der Waals surface area contributed by atoms with Crippen molar-refractivity contribution in [2.75, 3.05) is 0 Å². The van der Waals surface area contributed by atoms with Crippen LogP contribution in [0.1, 0.15) is 21.6 Å². The molecule has 0 aliphatic carbocycles. The third kappa shape index (κ3) is 2.43. The fourth-order valence-corrected chi connectivity index (χ4v) is 2.01. The van der Waals surface area contributed by atoms with Gasteiger partial charge in [-0.05, 0) is 31.2 Å². The Morgan fingerprint density at radius 2 is 2.00 bits per heavy atom. The molecule has 0 atom stereocenters. The van der Waals surface area contributed by atoms with Crippen LogP contribution in [0.25, 0.3) is 0 Å². The van der Waals surface area contributed by atoms with Crippen LogP contribution in [-0.4, -0.2) is 15.6 Å². The number of nitrogens with zero attached hydrogens (tertiary/aromatic N) is 2. The minimum absolute atomic E-state index is 0.104. The summed E-state index contributed by atoms with van der Waals surface area (Å²) in [5, 5.41) is 4.61. The topological polar surface area (TPSA) is 34.9 Å². The van der Waals surface area contributed by atoms with Crippen LogP contribution in [0.15, 0.2) is 24.3 Å². The van der Waals surface area contributed by atoms with Crippen molar-refractivity contribution in [2.45, 2.75) is 13.3 Å². The Hall–Kier alpha value is -1.68. The number of hydrogen-bond acceptors (Lipinski definition) is 2. The standard InChI is InChI=1S/C13H12ClFN2O/c1-8-11(13(14)17(2)16-8)7-12(18)9-3-5-10(15)6-4-9/h3-6H,7H2,1-2H3. The maximum Gasteiger partial charge on any atom is 0.167 e. The first kappa shape index (κ1) is 12.8. The van der Waals surface area contributed by atoms with Crippen LogP contribution in [0.2, 0.25) is 5.15 Å². The zero-order valence-corrected chi connectivity index (χ0v) is 10.8. The second-order valence-corrected chi connectivity index (χ2v) is 4.44. The highest BCUT2D eigenvalue weighted by molar-refractivity contribution is 6.30. The van der Waals surface area contributed by atoms with Gasteiger partial charge in [-0.2, -0.15) is 5.10 Å². The number of rotatable bonds is 3. The van der Waals surface area contributed by atoms with E-state index in [1.807, 2.05) is 0 Å². The summed E-state index contributed by atoms with van der Waals surface area (Å²) in [5.41, 5.74) is 1.92. The van der Waals surface area contributed by atoms with Crippen LogP contribution in [0, 0.1) is 12.7 Å². The van der Waals surface area contributed by atoms with Crippen LogP contribution in [0.4, 0.5) is 4.39 Å². The van der Waals surface area contributed by atoms with Gasteiger partial charge in [0.25, 0.3) is 0 Å². The van der Waals surface area contributed by atoms with E-state index in [0.717, 1.165) is 5.69 Å². The first-order valence-electron chi connectivity index (χ1n) is 5.45. The monoisotopic (exact) mass is 266 g/mol. The second-order valence-electron chi connectivity index (χ2n) is 4.09. The van der Waals surface area contributed by atoms with E-state index in [-0.39, 0.29) is 18.0 Å². The van der Waals surface area contributed by atoms with E-state index in [9.17, 15) is 9.18 Å². The molecule has 0 amide bonds. The number of aromatic nitrogens is 2. The molecule has 1 aromatic carbocycles. The van der Waals surface area contributed by atoms with Gasteiger partial charge >= 0.3 is 0 Å². The van der Waals surface area contributed by atoms with Crippen molar-refractivity contribution in [3.8, 4) is 0 Å². The van der Waals surface area contributed by atoms with Crippen molar-refractivity contribution in [1.82, 2.24) is 9.78 Å². The molecule has 0 radical (unpaired) electrons. The summed E-state index contributed by atoms with van der Waals surface area (Å²) in [6, 6.07) is 5.48. The van der Waals surface area contributed by atoms with E-state index >= 15 is 0 Å². The quantitative estimate of drug-likeness (QED) is 0.801. The van der Waals surface area contributed by atoms with Crippen LogP contribution in [0.5, 0.6) is 0 Å². The van der Waals surface area contributed by atoms with Gasteiger partial charge < -0.3 is 0 Å². The fourth-order valence-electron chi connectivity index (χ4n) is 1.77. The maximum atomic E-state index is 12.8. The second kappa shape index (κ2) is 4.90. The Balaban J connectivity index is 2.24. The minimum Gasteiger partial charge on any atom is -0.294 e. The number of ketones is 1. The highest BCUT2D eigenvalue weighted by atomic mass is 35.5. The number of benzene rings is 1. The smallest absolute Gasteiger partial charge is 0.167 e. The Labute approximate surface area is 109 Å². The minimum atomic E-state index is -0.359. The molecule has 0 unspecified atom stereocenters. The summed E-state index contributed by atoms with van der Waals surface area (Å²) in [4.78, 5) is 12.0. The van der Waals surface area contributed by atoms with Crippen LogP contribution >= 0.6 is 11.6 Å². The average Bonchev–Trinajstić information content (AvgIpc) is 2.57. The van der Waals surface area contributed by atoms with Gasteiger partial charge in [-0.3, -0.25) is 9.48 Å². The Morgan fingerprint density at radius 3 is 2.50 bits per heavy atom. The molecule has 5 heteroatoms. The summed E-state index contributed by atoms with van der Waals surface area (Å²) in [6.07, 6.45) is 0.171. The van der Waals surface area contributed by atoms with Gasteiger partial charge in [-0.1, -0.05) is 11.6 Å². The number of aryl methyl sites for hydroxylation is 2. The number of hydrogen-bond donors (Lipinski definition) is 0. The lowest BCUT2D eigenvalue weighted by Crippen LogP contribution is -2.04. The summed E-state index contributed by atoms with van der Waals surface area (Å²) in [5.74, 6) is -0.463. The molecular weight excluding hydrogens is 255 g/mol. The molecular formula is C13H12ClFN2O. The molecule has 0 spiro atoms. The number of halogens is 2. The zero-order chi connectivity index (χ0) is 13.3. The molecule has 0 saturated carbocycles. The third-order valence-electron chi connectivity index (χ3n) is 2.77. The van der Waals surface area contributed by atoms with Gasteiger partial charge in [0.15, 0.2) is 5.78 Å². The summed E-state index contributed by atoms with van der Waals surface area (Å²) < 4.78 is 14.3. The molecule has 0 fully saturated rings. The van der Waals surface area contributed by atoms with Gasteiger partial charge in [-0.25, -0.2) is 4.39 Å². The molecule has 1 aromatic heterocycles. The van der Waals surface area contributed by atoms with E-state index in [0.29, 0.717) is 16.3 Å². The first-order chi connectivity index (χ1) is 8.49. The van der Waals surface area contributed by atoms with Gasteiger partial charge in [0.2, 0.25) is 0 Å². The normalized spacial score (nSPS) is 10.7. The van der Waals surface area contributed by atoms with Crippen molar-refractivity contribution in [1.29, 1.82) is 0 Å². The summed E-state index contributed by atoms with van der Waals surface area (Å²) in [7, 11) is 1.72. The van der Waals surface area contributed by atoms with Gasteiger partial charge in [0.1, 0.15) is 11.0 Å². The van der Waals surface area contributed by atoms with Crippen molar-refractivity contribution < 1.29 is 9.18 Å². The molecule has 0 aliphatic rings. The van der Waals surface area contributed by atoms with Crippen LogP contribution < -0.4 is 0 Å². The Morgan fingerprint density at radius 1 is 1.39 bits per heavy atom. The van der Waals surface area contributed by atoms with Crippen molar-refractivity contribution >= 4 is 17.4 Å². The lowest BCUT2D eigenvalue weighted by Gasteiger charge is -2.01. The molecule has 1 heterocycles. The van der Waals surface area contributed by atoms with Gasteiger partial charge in [-0.15, -0.1) is 0 Å². The van der Waals surface area contributed by atoms with Crippen molar-refractivity contribution in [3.05, 3.63) is 52.1 Å². The largest absolute Gasteiger partial charge is 0.294 e. The highest BCUT2D eigenvalue weighted by Crippen LogP contribution is 2.20. The molecule has 94 valence electrons. The SMILES string of the molecule is Cc1nn(C)c(Cl)c1CC(=O)c1ccc(F)cc1. The lowest BCUT2D eigenvalue weighted by atomic mass is 10.0. The molecule has 3 nitrogen and oxygen atoms in total. The van der Waals surface area contributed by atoms with Gasteiger partial charge in [0, 0.05) is 24.6 Å². The highest BCUT2D eigenvalue weighted by Gasteiger charge is 2.16. The molecule has 0 aliphatic heterocycles. The molecule has 0 saturated heterocycles. The van der Waals surface area contributed by atoms with Crippen molar-refractivity contribution in [2.24, 2.45) is 7.05 Å². The maximum absolute atomic E-state index is 12.8. The van der Waals surface area contributed by atoms with Crippen molar-refractivity contribution in [3.63, 3.8) is 0 Å². The summed E-state index contributed by atoms with van der Waals surface area (Å²) >= 11 is 6.06. The number of carbonyl (C=O) groups excluding carboxylic acids is 1. The van der Waals surface area contributed by atoms with E-state index in [1.54, 1.807) is 14.0 Å². The Bertz CT molecular complexity index is 590. The van der Waals surface area contributed by atoms with E-state index < -0.39 is 0 Å². The van der Waals surface area contributed by atoms with E-state index in [2.05, 4.69) is 5.10 Å². The van der Waals surface area contributed by atoms with Crippen LogP contribution in [0.3, 0.4) is 0 Å². The number of carbonyl (C=O) groups is 1. The molecule has 18 heavy (non-hydrogen) atoms. The molecule has 0 N–H and O–H groups in total. The number of Topliss-reactive ketones (excluding diaryl/α,β-unsaturated/α-hetero) is 1. The zero-order valence-electron chi connectivity index (χ0n) is 10.1. The van der Waals surface area contributed by atoms with Gasteiger partial charge in [0.05, 0.1) is 5.69 Å². The predicted molar refractivity (Wildman–Crippen MR) is 67.4 cm³/mol. The lowest BCUT2D eigenvalue weighted by molar-refractivity contribution is 0.0992. The Kier molecular flexibility index (Phi) is 3.48. The molecule has 2 aromatic rings. The predicted octanol–water partition coefficient (Wildman–Crippen LogP) is 2.95. The third-order valence-corrected chi connectivity index (χ3v) is 3.25. The fraction of sp³-hybridized carbons (Fsp3) is 0.231. The van der Waals surface area contributed by atoms with E-state index in [1.165, 1.54) is 28.9 Å². The van der Waals surface area contributed by atoms with Crippen LogP contribution in [-0.2, 0) is 13.5 Å². The molecule has 0 bridgehead atoms. The molecule has 2 rings (SSSR count). The summed E-state index contributed by atoms with van der Waals surface area (Å²) in [6.45, 7) is 1.80. The first-order valence-corrected chi connectivity index (χ1v) is 5.83. The van der Waals surface area contributed by atoms with E-state index in [4.69, 9.17) is 11.6 Å².